The van der Waals surface area contributed by atoms with E-state index in [0.717, 1.165) is 12.8 Å². The van der Waals surface area contributed by atoms with Crippen LogP contribution in [0.4, 0.5) is 0 Å². The lowest BCUT2D eigenvalue weighted by Crippen LogP contribution is -2.42. The van der Waals surface area contributed by atoms with Crippen LogP contribution in [0.5, 0.6) is 0 Å². The summed E-state index contributed by atoms with van der Waals surface area (Å²) in [6.45, 7) is 15.6. The van der Waals surface area contributed by atoms with Crippen molar-refractivity contribution in [3.8, 4) is 0 Å². The van der Waals surface area contributed by atoms with Gasteiger partial charge in [-0.3, -0.25) is 4.79 Å². The van der Waals surface area contributed by atoms with Gasteiger partial charge in [-0.1, -0.05) is 48.5 Å². The molecule has 0 aromatic rings. The second-order valence-corrected chi connectivity index (χ2v) is 7.76. The molecule has 0 amide bonds. The first-order valence-corrected chi connectivity index (χ1v) is 6.57. The molecule has 1 heteroatoms. The van der Waals surface area contributed by atoms with Gasteiger partial charge in [-0.2, -0.15) is 0 Å². The van der Waals surface area contributed by atoms with Crippen LogP contribution in [-0.2, 0) is 4.79 Å². The predicted octanol–water partition coefficient (Wildman–Crippen LogP) is 4.31. The van der Waals surface area contributed by atoms with Crippen molar-refractivity contribution in [2.45, 2.75) is 61.3 Å². The first-order valence-electron chi connectivity index (χ1n) is 6.57. The summed E-state index contributed by atoms with van der Waals surface area (Å²) >= 11 is 0. The first-order chi connectivity index (χ1) is 7.03. The molecule has 16 heavy (non-hydrogen) atoms. The standard InChI is InChI=1S/C15H28O/c1-10-8-11(14(2,3)4)9-12(13(10)16)15(5,6)7/h10-12H,8-9H2,1-7H3. The lowest BCUT2D eigenvalue weighted by Gasteiger charge is -2.44. The highest BCUT2D eigenvalue weighted by Gasteiger charge is 2.43. The summed E-state index contributed by atoms with van der Waals surface area (Å²) in [7, 11) is 0. The molecule has 0 aliphatic heterocycles. The van der Waals surface area contributed by atoms with Crippen LogP contribution in [0.25, 0.3) is 0 Å². The molecule has 94 valence electrons. The van der Waals surface area contributed by atoms with Gasteiger partial charge in [-0.25, -0.2) is 0 Å². The van der Waals surface area contributed by atoms with Crippen LogP contribution in [0.3, 0.4) is 0 Å². The normalized spacial score (nSPS) is 32.9. The second kappa shape index (κ2) is 4.16. The van der Waals surface area contributed by atoms with Gasteiger partial charge in [0.25, 0.3) is 0 Å². The van der Waals surface area contributed by atoms with Gasteiger partial charge in [-0.15, -0.1) is 0 Å². The largest absolute Gasteiger partial charge is 0.299 e. The fourth-order valence-corrected chi connectivity index (χ4v) is 2.87. The average molecular weight is 224 g/mol. The van der Waals surface area contributed by atoms with Crippen molar-refractivity contribution in [1.29, 1.82) is 0 Å². The minimum Gasteiger partial charge on any atom is -0.299 e. The molecule has 0 saturated heterocycles. The molecule has 1 aliphatic rings. The number of rotatable bonds is 0. The van der Waals surface area contributed by atoms with Gasteiger partial charge in [0, 0.05) is 11.8 Å². The summed E-state index contributed by atoms with van der Waals surface area (Å²) in [6.07, 6.45) is 2.16. The third-order valence-corrected chi connectivity index (χ3v) is 4.26. The van der Waals surface area contributed by atoms with Crippen LogP contribution >= 0.6 is 0 Å². The Labute approximate surface area is 101 Å². The maximum atomic E-state index is 12.2. The molecule has 1 saturated carbocycles. The fourth-order valence-electron chi connectivity index (χ4n) is 2.87. The predicted molar refractivity (Wildman–Crippen MR) is 69.3 cm³/mol. The van der Waals surface area contributed by atoms with E-state index in [0.29, 0.717) is 17.1 Å². The van der Waals surface area contributed by atoms with Gasteiger partial charge >= 0.3 is 0 Å². The Hall–Kier alpha value is -0.330. The number of hydrogen-bond donors (Lipinski definition) is 0. The number of carbonyl (C=O) groups excluding carboxylic acids is 1. The number of ketones is 1. The van der Waals surface area contributed by atoms with Crippen LogP contribution in [0, 0.1) is 28.6 Å². The molecular weight excluding hydrogens is 196 g/mol. The van der Waals surface area contributed by atoms with Gasteiger partial charge < -0.3 is 0 Å². The van der Waals surface area contributed by atoms with Crippen molar-refractivity contribution in [2.75, 3.05) is 0 Å². The highest BCUT2D eigenvalue weighted by atomic mass is 16.1. The summed E-state index contributed by atoms with van der Waals surface area (Å²) in [6, 6.07) is 0. The Balaban J connectivity index is 2.90. The topological polar surface area (TPSA) is 17.1 Å². The monoisotopic (exact) mass is 224 g/mol. The molecule has 3 unspecified atom stereocenters. The van der Waals surface area contributed by atoms with E-state index in [1.165, 1.54) is 0 Å². The molecule has 0 bridgehead atoms. The average Bonchev–Trinajstić information content (AvgIpc) is 2.05. The van der Waals surface area contributed by atoms with Crippen LogP contribution in [-0.4, -0.2) is 5.78 Å². The van der Waals surface area contributed by atoms with Crippen LogP contribution in [0.15, 0.2) is 0 Å². The molecule has 1 fully saturated rings. The van der Waals surface area contributed by atoms with Crippen molar-refractivity contribution < 1.29 is 4.79 Å². The molecule has 1 nitrogen and oxygen atoms in total. The molecule has 0 radical (unpaired) electrons. The lowest BCUT2D eigenvalue weighted by atomic mass is 9.60. The molecule has 0 spiro atoms. The molecular formula is C15H28O. The molecule has 0 aromatic heterocycles. The summed E-state index contributed by atoms with van der Waals surface area (Å²) in [5.41, 5.74) is 0.452. The minimum atomic E-state index is 0.120. The van der Waals surface area contributed by atoms with Crippen LogP contribution in [0.1, 0.15) is 61.3 Å². The molecule has 0 heterocycles. The summed E-state index contributed by atoms with van der Waals surface area (Å²) in [5.74, 6) is 1.68. The quantitative estimate of drug-likeness (QED) is 0.599. The van der Waals surface area contributed by atoms with Crippen LogP contribution in [0.2, 0.25) is 0 Å². The van der Waals surface area contributed by atoms with E-state index in [1.807, 2.05) is 0 Å². The third kappa shape index (κ3) is 2.87. The Bertz CT molecular complexity index is 264. The summed E-state index contributed by atoms with van der Waals surface area (Å²) in [4.78, 5) is 12.2. The Morgan fingerprint density at radius 3 is 1.81 bits per heavy atom. The van der Waals surface area contributed by atoms with Gasteiger partial charge in [0.2, 0.25) is 0 Å². The van der Waals surface area contributed by atoms with Crippen molar-refractivity contribution in [2.24, 2.45) is 28.6 Å². The zero-order valence-corrected chi connectivity index (χ0v) is 12.1. The fraction of sp³-hybridized carbons (Fsp3) is 0.933. The third-order valence-electron chi connectivity index (χ3n) is 4.26. The smallest absolute Gasteiger partial charge is 0.139 e. The zero-order chi connectivity index (χ0) is 12.7. The van der Waals surface area contributed by atoms with Crippen molar-refractivity contribution in [3.63, 3.8) is 0 Å². The van der Waals surface area contributed by atoms with E-state index >= 15 is 0 Å². The minimum absolute atomic E-state index is 0.120. The zero-order valence-electron chi connectivity index (χ0n) is 12.1. The Kier molecular flexibility index (Phi) is 3.57. The van der Waals surface area contributed by atoms with E-state index < -0.39 is 0 Å². The first kappa shape index (κ1) is 13.7. The molecule has 3 atom stereocenters. The second-order valence-electron chi connectivity index (χ2n) is 7.76. The van der Waals surface area contributed by atoms with Crippen molar-refractivity contribution in [3.05, 3.63) is 0 Å². The van der Waals surface area contributed by atoms with Gasteiger partial charge in [-0.05, 0) is 29.6 Å². The highest BCUT2D eigenvalue weighted by Crippen LogP contribution is 2.46. The maximum absolute atomic E-state index is 12.2. The van der Waals surface area contributed by atoms with E-state index in [4.69, 9.17) is 0 Å². The Morgan fingerprint density at radius 1 is 0.938 bits per heavy atom. The number of carbonyl (C=O) groups is 1. The maximum Gasteiger partial charge on any atom is 0.139 e. The molecule has 0 N–H and O–H groups in total. The van der Waals surface area contributed by atoms with E-state index in [1.54, 1.807) is 0 Å². The van der Waals surface area contributed by atoms with E-state index in [-0.39, 0.29) is 17.3 Å². The Morgan fingerprint density at radius 2 is 1.44 bits per heavy atom. The van der Waals surface area contributed by atoms with Gasteiger partial charge in [0.15, 0.2) is 0 Å². The van der Waals surface area contributed by atoms with E-state index in [2.05, 4.69) is 48.5 Å². The highest BCUT2D eigenvalue weighted by molar-refractivity contribution is 5.84. The lowest BCUT2D eigenvalue weighted by molar-refractivity contribution is -0.135. The van der Waals surface area contributed by atoms with Gasteiger partial charge in [0.05, 0.1) is 0 Å². The van der Waals surface area contributed by atoms with Crippen molar-refractivity contribution >= 4 is 5.78 Å². The number of Topliss-reactive ketones (excluding diaryl/α,β-unsaturated/α-hetero) is 1. The SMILES string of the molecule is CC1CC(C(C)(C)C)CC(C(C)(C)C)C1=O. The van der Waals surface area contributed by atoms with E-state index in [9.17, 15) is 4.79 Å². The molecule has 1 aliphatic carbocycles. The number of hydrogen-bond acceptors (Lipinski definition) is 1. The van der Waals surface area contributed by atoms with Gasteiger partial charge in [0.1, 0.15) is 5.78 Å². The van der Waals surface area contributed by atoms with Crippen molar-refractivity contribution in [1.82, 2.24) is 0 Å². The molecule has 0 aromatic carbocycles. The summed E-state index contributed by atoms with van der Waals surface area (Å²) < 4.78 is 0. The molecule has 1 rings (SSSR count). The van der Waals surface area contributed by atoms with Crippen LogP contribution < -0.4 is 0 Å². The summed E-state index contributed by atoms with van der Waals surface area (Å²) in [5, 5.41) is 0.